The third kappa shape index (κ3) is 1.78. The fraction of sp³-hybridized carbons (Fsp3) is 0.273. The molecule has 1 heterocycles. The topological polar surface area (TPSA) is 30.9 Å². The SMILES string of the molecule is Cn1ccc2ccc(C(N)C(F)(F)F)cc21. The summed E-state index contributed by atoms with van der Waals surface area (Å²) in [6, 6.07) is 4.47. The van der Waals surface area contributed by atoms with E-state index >= 15 is 0 Å². The minimum absolute atomic E-state index is 0.0850. The summed E-state index contributed by atoms with van der Waals surface area (Å²) >= 11 is 0. The van der Waals surface area contributed by atoms with Crippen LogP contribution in [0.3, 0.4) is 0 Å². The van der Waals surface area contributed by atoms with Crippen molar-refractivity contribution in [2.24, 2.45) is 12.8 Å². The Morgan fingerprint density at radius 2 is 1.94 bits per heavy atom. The van der Waals surface area contributed by atoms with Crippen LogP contribution in [-0.2, 0) is 7.05 Å². The lowest BCUT2D eigenvalue weighted by atomic mass is 10.1. The Balaban J connectivity index is 2.50. The highest BCUT2D eigenvalue weighted by Crippen LogP contribution is 2.31. The summed E-state index contributed by atoms with van der Waals surface area (Å²) in [5.74, 6) is 0. The maximum absolute atomic E-state index is 12.4. The molecule has 5 heteroatoms. The highest BCUT2D eigenvalue weighted by molar-refractivity contribution is 5.80. The van der Waals surface area contributed by atoms with Crippen molar-refractivity contribution in [3.63, 3.8) is 0 Å². The Labute approximate surface area is 90.5 Å². The van der Waals surface area contributed by atoms with Gasteiger partial charge in [0.15, 0.2) is 0 Å². The molecule has 0 radical (unpaired) electrons. The molecule has 1 unspecified atom stereocenters. The number of nitrogens with zero attached hydrogens (tertiary/aromatic N) is 1. The van der Waals surface area contributed by atoms with Crippen LogP contribution in [0.2, 0.25) is 0 Å². The summed E-state index contributed by atoms with van der Waals surface area (Å²) in [5.41, 5.74) is 5.98. The van der Waals surface area contributed by atoms with Crippen LogP contribution in [0.5, 0.6) is 0 Å². The molecule has 0 amide bonds. The summed E-state index contributed by atoms with van der Waals surface area (Å²) in [6.07, 6.45) is -2.60. The molecule has 2 rings (SSSR count). The second-order valence-electron chi connectivity index (χ2n) is 3.76. The molecule has 0 saturated carbocycles. The zero-order chi connectivity index (χ0) is 11.9. The molecule has 0 fully saturated rings. The summed E-state index contributed by atoms with van der Waals surface area (Å²) < 4.78 is 39.1. The Kier molecular flexibility index (Phi) is 2.42. The van der Waals surface area contributed by atoms with Crippen LogP contribution < -0.4 is 5.73 Å². The minimum atomic E-state index is -4.40. The number of aromatic nitrogens is 1. The highest BCUT2D eigenvalue weighted by Gasteiger charge is 2.37. The molecular weight excluding hydrogens is 217 g/mol. The van der Waals surface area contributed by atoms with E-state index in [2.05, 4.69) is 0 Å². The second kappa shape index (κ2) is 3.52. The van der Waals surface area contributed by atoms with Crippen LogP contribution in [0, 0.1) is 0 Å². The van der Waals surface area contributed by atoms with Crippen LogP contribution >= 0.6 is 0 Å². The zero-order valence-corrected chi connectivity index (χ0v) is 8.62. The maximum atomic E-state index is 12.4. The normalized spacial score (nSPS) is 14.3. The van der Waals surface area contributed by atoms with Gasteiger partial charge >= 0.3 is 6.18 Å². The van der Waals surface area contributed by atoms with Crippen LogP contribution in [0.1, 0.15) is 11.6 Å². The predicted molar refractivity (Wildman–Crippen MR) is 55.9 cm³/mol. The highest BCUT2D eigenvalue weighted by atomic mass is 19.4. The van der Waals surface area contributed by atoms with Crippen LogP contribution in [0.25, 0.3) is 10.9 Å². The van der Waals surface area contributed by atoms with Crippen LogP contribution in [0.4, 0.5) is 13.2 Å². The van der Waals surface area contributed by atoms with Crippen LogP contribution in [-0.4, -0.2) is 10.7 Å². The van der Waals surface area contributed by atoms with E-state index < -0.39 is 12.2 Å². The van der Waals surface area contributed by atoms with E-state index in [1.54, 1.807) is 23.9 Å². The number of hydrogen-bond donors (Lipinski definition) is 1. The first-order valence-electron chi connectivity index (χ1n) is 4.77. The molecule has 0 saturated heterocycles. The number of rotatable bonds is 1. The first-order chi connectivity index (χ1) is 7.39. The molecule has 2 nitrogen and oxygen atoms in total. The smallest absolute Gasteiger partial charge is 0.351 e. The fourth-order valence-electron chi connectivity index (χ4n) is 1.66. The number of fused-ring (bicyclic) bond motifs is 1. The van der Waals surface area contributed by atoms with Gasteiger partial charge in [0.2, 0.25) is 0 Å². The summed E-state index contributed by atoms with van der Waals surface area (Å²) in [7, 11) is 1.78. The molecule has 0 bridgehead atoms. The van der Waals surface area contributed by atoms with Gasteiger partial charge in [-0.15, -0.1) is 0 Å². The van der Waals surface area contributed by atoms with Gasteiger partial charge in [-0.1, -0.05) is 12.1 Å². The van der Waals surface area contributed by atoms with Crippen molar-refractivity contribution in [3.05, 3.63) is 36.0 Å². The second-order valence-corrected chi connectivity index (χ2v) is 3.76. The molecule has 0 aliphatic carbocycles. The monoisotopic (exact) mass is 228 g/mol. The first-order valence-corrected chi connectivity index (χ1v) is 4.77. The van der Waals surface area contributed by atoms with E-state index in [9.17, 15) is 13.2 Å². The van der Waals surface area contributed by atoms with E-state index in [0.717, 1.165) is 10.9 Å². The number of benzene rings is 1. The Morgan fingerprint density at radius 1 is 1.25 bits per heavy atom. The molecule has 2 aromatic rings. The lowest BCUT2D eigenvalue weighted by Crippen LogP contribution is -2.28. The minimum Gasteiger partial charge on any atom is -0.351 e. The van der Waals surface area contributed by atoms with E-state index in [4.69, 9.17) is 5.73 Å². The van der Waals surface area contributed by atoms with E-state index in [-0.39, 0.29) is 5.56 Å². The van der Waals surface area contributed by atoms with Crippen molar-refractivity contribution in [3.8, 4) is 0 Å². The van der Waals surface area contributed by atoms with Gasteiger partial charge in [-0.3, -0.25) is 0 Å². The van der Waals surface area contributed by atoms with Crippen LogP contribution in [0.15, 0.2) is 30.5 Å². The van der Waals surface area contributed by atoms with Gasteiger partial charge in [0.25, 0.3) is 0 Å². The van der Waals surface area contributed by atoms with Gasteiger partial charge in [-0.05, 0) is 23.1 Å². The average Bonchev–Trinajstić information content (AvgIpc) is 2.58. The lowest BCUT2D eigenvalue weighted by molar-refractivity contribution is -0.149. The third-order valence-corrected chi connectivity index (χ3v) is 2.62. The number of hydrogen-bond acceptors (Lipinski definition) is 1. The first kappa shape index (κ1) is 11.0. The number of alkyl halides is 3. The molecule has 2 N–H and O–H groups in total. The van der Waals surface area contributed by atoms with Crippen molar-refractivity contribution in [1.29, 1.82) is 0 Å². The number of aryl methyl sites for hydroxylation is 1. The molecule has 86 valence electrons. The van der Waals surface area contributed by atoms with Crippen molar-refractivity contribution in [2.75, 3.05) is 0 Å². The fourth-order valence-corrected chi connectivity index (χ4v) is 1.66. The number of halogens is 3. The van der Waals surface area contributed by atoms with E-state index in [1.165, 1.54) is 12.1 Å². The summed E-state index contributed by atoms with van der Waals surface area (Å²) in [4.78, 5) is 0. The Morgan fingerprint density at radius 3 is 2.56 bits per heavy atom. The quantitative estimate of drug-likeness (QED) is 0.799. The Hall–Kier alpha value is -1.49. The van der Waals surface area contributed by atoms with Gasteiger partial charge in [0, 0.05) is 18.8 Å². The molecule has 16 heavy (non-hydrogen) atoms. The van der Waals surface area contributed by atoms with Crippen molar-refractivity contribution < 1.29 is 13.2 Å². The molecule has 0 aliphatic rings. The molecule has 1 aromatic heterocycles. The molecule has 1 aromatic carbocycles. The average molecular weight is 228 g/mol. The van der Waals surface area contributed by atoms with Gasteiger partial charge in [-0.2, -0.15) is 13.2 Å². The molecule has 1 atom stereocenters. The van der Waals surface area contributed by atoms with E-state index in [0.29, 0.717) is 0 Å². The maximum Gasteiger partial charge on any atom is 0.407 e. The zero-order valence-electron chi connectivity index (χ0n) is 8.62. The number of nitrogens with two attached hydrogens (primary N) is 1. The van der Waals surface area contributed by atoms with Gasteiger partial charge < -0.3 is 10.3 Å². The van der Waals surface area contributed by atoms with Gasteiger partial charge in [-0.25, -0.2) is 0 Å². The summed E-state index contributed by atoms with van der Waals surface area (Å²) in [6.45, 7) is 0. The van der Waals surface area contributed by atoms with Gasteiger partial charge in [0.05, 0.1) is 0 Å². The van der Waals surface area contributed by atoms with Crippen molar-refractivity contribution in [2.45, 2.75) is 12.2 Å². The summed E-state index contributed by atoms with van der Waals surface area (Å²) in [5, 5.41) is 0.903. The lowest BCUT2D eigenvalue weighted by Gasteiger charge is -2.16. The molecule has 0 aliphatic heterocycles. The van der Waals surface area contributed by atoms with Crippen molar-refractivity contribution >= 4 is 10.9 Å². The van der Waals surface area contributed by atoms with Crippen molar-refractivity contribution in [1.82, 2.24) is 4.57 Å². The predicted octanol–water partition coefficient (Wildman–Crippen LogP) is 2.74. The standard InChI is InChI=1S/C11H11F3N2/c1-16-5-4-7-2-3-8(6-9(7)16)10(15)11(12,13)14/h2-6,10H,15H2,1H3. The molecular formula is C11H11F3N2. The molecule has 0 spiro atoms. The third-order valence-electron chi connectivity index (χ3n) is 2.62. The largest absolute Gasteiger partial charge is 0.407 e. The Bertz CT molecular complexity index is 513. The van der Waals surface area contributed by atoms with E-state index in [1.807, 2.05) is 6.07 Å². The van der Waals surface area contributed by atoms with Gasteiger partial charge in [0.1, 0.15) is 6.04 Å².